The van der Waals surface area contributed by atoms with Crippen LogP contribution in [0.4, 0.5) is 0 Å². The number of carbonyl (C=O) groups excluding carboxylic acids is 1. The summed E-state index contributed by atoms with van der Waals surface area (Å²) >= 11 is 5.20. The standard InChI is InChI=1S/C38H76ClNO2/c1-2-3-4-5-6-7-8-9-10-11-12-13-14-15-16-17-18-19-20-21-22-23-24-25-26-27-28-29-30-31-32-33-34-35-36-37-38(41)40(39)42/h42H,2-37H2,1H3. The molecule has 42 heavy (non-hydrogen) atoms. The molecule has 0 bridgehead atoms. The van der Waals surface area contributed by atoms with Crippen LogP contribution in [0.15, 0.2) is 0 Å². The van der Waals surface area contributed by atoms with E-state index < -0.39 is 5.91 Å². The Hall–Kier alpha value is -0.280. The number of amides is 1. The predicted octanol–water partition coefficient (Wildman–Crippen LogP) is 14.4. The Kier molecular flexibility index (Phi) is 36.7. The van der Waals surface area contributed by atoms with Gasteiger partial charge in [-0.15, -0.1) is 4.58 Å². The summed E-state index contributed by atoms with van der Waals surface area (Å²) in [5.41, 5.74) is 0. The first-order valence-corrected chi connectivity index (χ1v) is 19.7. The van der Waals surface area contributed by atoms with Gasteiger partial charge in [0.2, 0.25) is 0 Å². The highest BCUT2D eigenvalue weighted by Crippen LogP contribution is 2.17. The fourth-order valence-corrected chi connectivity index (χ4v) is 6.36. The molecule has 0 spiro atoms. The molecule has 4 heteroatoms. The van der Waals surface area contributed by atoms with Gasteiger partial charge in [-0.05, 0) is 6.42 Å². The molecule has 0 atom stereocenters. The zero-order valence-electron chi connectivity index (χ0n) is 28.6. The number of halogens is 1. The van der Waals surface area contributed by atoms with Gasteiger partial charge < -0.3 is 0 Å². The molecule has 0 fully saturated rings. The van der Waals surface area contributed by atoms with E-state index in [9.17, 15) is 4.79 Å². The van der Waals surface area contributed by atoms with Crippen molar-refractivity contribution in [3.8, 4) is 0 Å². The van der Waals surface area contributed by atoms with Crippen molar-refractivity contribution in [3.05, 3.63) is 0 Å². The van der Waals surface area contributed by atoms with Gasteiger partial charge in [0.1, 0.15) is 0 Å². The van der Waals surface area contributed by atoms with Crippen molar-refractivity contribution < 1.29 is 10.0 Å². The number of hydroxylamine groups is 1. The van der Waals surface area contributed by atoms with Gasteiger partial charge in [-0.2, -0.15) is 0 Å². The highest BCUT2D eigenvalue weighted by Gasteiger charge is 2.06. The molecule has 1 amide bonds. The largest absolute Gasteiger partial charge is 0.271 e. The molecule has 3 nitrogen and oxygen atoms in total. The monoisotopic (exact) mass is 614 g/mol. The molecule has 0 aromatic carbocycles. The smallest absolute Gasteiger partial charge is 0.261 e. The van der Waals surface area contributed by atoms with E-state index in [0.29, 0.717) is 6.42 Å². The molecule has 0 aliphatic carbocycles. The van der Waals surface area contributed by atoms with E-state index in [1.165, 1.54) is 212 Å². The Balaban J connectivity index is 3.06. The van der Waals surface area contributed by atoms with Crippen molar-refractivity contribution in [2.75, 3.05) is 0 Å². The van der Waals surface area contributed by atoms with E-state index in [4.69, 9.17) is 17.0 Å². The Labute approximate surface area is 269 Å². The van der Waals surface area contributed by atoms with Crippen LogP contribution >= 0.6 is 11.8 Å². The van der Waals surface area contributed by atoms with Crippen molar-refractivity contribution in [1.29, 1.82) is 0 Å². The van der Waals surface area contributed by atoms with Gasteiger partial charge in [-0.3, -0.25) is 10.0 Å². The summed E-state index contributed by atoms with van der Waals surface area (Å²) in [5, 5.41) is 8.79. The normalized spacial score (nSPS) is 11.4. The third-order valence-corrected chi connectivity index (χ3v) is 9.39. The number of hydrogen-bond donors (Lipinski definition) is 1. The summed E-state index contributed by atoms with van der Waals surface area (Å²) < 4.78 is 0.184. The maximum absolute atomic E-state index is 11.2. The number of nitrogens with zero attached hydrogens (tertiary/aromatic N) is 1. The van der Waals surface area contributed by atoms with Crippen LogP contribution in [0.2, 0.25) is 0 Å². The average molecular weight is 614 g/mol. The first kappa shape index (κ1) is 41.7. The number of rotatable bonds is 36. The van der Waals surface area contributed by atoms with Crippen molar-refractivity contribution in [2.24, 2.45) is 0 Å². The molecule has 0 saturated heterocycles. The van der Waals surface area contributed by atoms with Crippen LogP contribution in [0.25, 0.3) is 0 Å². The van der Waals surface area contributed by atoms with Crippen LogP contribution in [0, 0.1) is 0 Å². The zero-order chi connectivity index (χ0) is 30.6. The van der Waals surface area contributed by atoms with Crippen molar-refractivity contribution >= 4 is 17.7 Å². The summed E-state index contributed by atoms with van der Waals surface area (Å²) in [4.78, 5) is 11.2. The molecule has 0 saturated carbocycles. The van der Waals surface area contributed by atoms with Gasteiger partial charge in [0.15, 0.2) is 0 Å². The van der Waals surface area contributed by atoms with Crippen LogP contribution in [0.5, 0.6) is 0 Å². The van der Waals surface area contributed by atoms with E-state index in [-0.39, 0.29) is 4.58 Å². The van der Waals surface area contributed by atoms with E-state index in [1.54, 1.807) is 0 Å². The topological polar surface area (TPSA) is 40.5 Å². The second-order valence-electron chi connectivity index (χ2n) is 13.4. The minimum atomic E-state index is -0.400. The van der Waals surface area contributed by atoms with Crippen LogP contribution < -0.4 is 0 Å². The Bertz CT molecular complexity index is 513. The molecule has 0 aromatic rings. The summed E-state index contributed by atoms with van der Waals surface area (Å²) in [6.07, 6.45) is 49.5. The Morgan fingerprint density at radius 2 is 0.548 bits per heavy atom. The lowest BCUT2D eigenvalue weighted by atomic mass is 10.0. The van der Waals surface area contributed by atoms with Crippen molar-refractivity contribution in [1.82, 2.24) is 4.58 Å². The third-order valence-electron chi connectivity index (χ3n) is 9.20. The number of hydrogen-bond acceptors (Lipinski definition) is 2. The fraction of sp³-hybridized carbons (Fsp3) is 0.974. The van der Waals surface area contributed by atoms with Crippen molar-refractivity contribution in [3.63, 3.8) is 0 Å². The third kappa shape index (κ3) is 35.9. The van der Waals surface area contributed by atoms with Crippen LogP contribution in [0.1, 0.15) is 238 Å². The van der Waals surface area contributed by atoms with Crippen molar-refractivity contribution in [2.45, 2.75) is 238 Å². The van der Waals surface area contributed by atoms with Crippen LogP contribution in [-0.4, -0.2) is 15.7 Å². The second kappa shape index (κ2) is 36.9. The molecule has 1 N–H and O–H groups in total. The second-order valence-corrected chi connectivity index (χ2v) is 13.7. The highest BCUT2D eigenvalue weighted by atomic mass is 35.5. The molecule has 0 heterocycles. The first-order chi connectivity index (χ1) is 20.7. The van der Waals surface area contributed by atoms with Gasteiger partial charge in [-0.1, -0.05) is 225 Å². The predicted molar refractivity (Wildman–Crippen MR) is 186 cm³/mol. The summed E-state index contributed by atoms with van der Waals surface area (Å²) in [5.74, 6) is -0.400. The summed E-state index contributed by atoms with van der Waals surface area (Å²) in [6, 6.07) is 0. The molecule has 0 unspecified atom stereocenters. The number of carbonyl (C=O) groups is 1. The van der Waals surface area contributed by atoms with E-state index in [2.05, 4.69) is 6.92 Å². The lowest BCUT2D eigenvalue weighted by Gasteiger charge is -2.05. The van der Waals surface area contributed by atoms with E-state index in [1.807, 2.05) is 0 Å². The maximum Gasteiger partial charge on any atom is 0.261 e. The number of unbranched alkanes of at least 4 members (excludes halogenated alkanes) is 34. The van der Waals surface area contributed by atoms with Gasteiger partial charge in [-0.25, -0.2) is 0 Å². The highest BCUT2D eigenvalue weighted by molar-refractivity contribution is 6.19. The Morgan fingerprint density at radius 3 is 0.714 bits per heavy atom. The van der Waals surface area contributed by atoms with E-state index in [0.717, 1.165) is 12.8 Å². The maximum atomic E-state index is 11.2. The molecular weight excluding hydrogens is 538 g/mol. The van der Waals surface area contributed by atoms with Gasteiger partial charge in [0.25, 0.3) is 5.91 Å². The fourth-order valence-electron chi connectivity index (χ4n) is 6.28. The summed E-state index contributed by atoms with van der Waals surface area (Å²) in [7, 11) is 0. The average Bonchev–Trinajstić information content (AvgIpc) is 2.99. The first-order valence-electron chi connectivity index (χ1n) is 19.4. The lowest BCUT2D eigenvalue weighted by molar-refractivity contribution is -0.146. The minimum absolute atomic E-state index is 0.184. The molecule has 252 valence electrons. The van der Waals surface area contributed by atoms with E-state index >= 15 is 0 Å². The lowest BCUT2D eigenvalue weighted by Crippen LogP contribution is -2.16. The van der Waals surface area contributed by atoms with Crippen LogP contribution in [0.3, 0.4) is 0 Å². The molecule has 0 aliphatic heterocycles. The van der Waals surface area contributed by atoms with Gasteiger partial charge in [0.05, 0.1) is 0 Å². The molecule has 0 radical (unpaired) electrons. The molecule has 0 aliphatic rings. The van der Waals surface area contributed by atoms with Crippen LogP contribution in [-0.2, 0) is 4.79 Å². The Morgan fingerprint density at radius 1 is 0.381 bits per heavy atom. The molecule has 0 rings (SSSR count). The SMILES string of the molecule is CCCCCCCCCCCCCCCCCCCCCCCCCCCCCCCCCCCCCC(=O)N(O)Cl. The minimum Gasteiger partial charge on any atom is -0.271 e. The van der Waals surface area contributed by atoms with Gasteiger partial charge >= 0.3 is 0 Å². The van der Waals surface area contributed by atoms with Gasteiger partial charge in [0, 0.05) is 18.2 Å². The molecular formula is C38H76ClNO2. The molecule has 0 aromatic heterocycles. The summed E-state index contributed by atoms with van der Waals surface area (Å²) in [6.45, 7) is 2.30. The quantitative estimate of drug-likeness (QED) is 0.0330. The zero-order valence-corrected chi connectivity index (χ0v) is 29.4.